The Balaban J connectivity index is 1.84. The van der Waals surface area contributed by atoms with Crippen LogP contribution in [0.25, 0.3) is 10.1 Å². The lowest BCUT2D eigenvalue weighted by atomic mass is 10.2. The molecule has 0 radical (unpaired) electrons. The fourth-order valence-electron chi connectivity index (χ4n) is 2.27. The summed E-state index contributed by atoms with van der Waals surface area (Å²) in [5, 5.41) is 5.32. The first-order valence-corrected chi connectivity index (χ1v) is 10.2. The van der Waals surface area contributed by atoms with Crippen molar-refractivity contribution < 1.29 is 23.9 Å². The van der Waals surface area contributed by atoms with E-state index < -0.39 is 17.7 Å². The number of aromatic nitrogens is 1. The molecule has 0 unspecified atom stereocenters. The Morgan fingerprint density at radius 3 is 2.64 bits per heavy atom. The number of hydrogen-bond donors (Lipinski definition) is 1. The van der Waals surface area contributed by atoms with Crippen LogP contribution >= 0.6 is 45.9 Å². The molecule has 2 aromatic heterocycles. The van der Waals surface area contributed by atoms with Crippen LogP contribution in [0.5, 0.6) is 5.75 Å². The maximum atomic E-state index is 12.6. The smallest absolute Gasteiger partial charge is 0.381 e. The number of thiophene rings is 1. The largest absolute Gasteiger partial charge is 0.495 e. The second kappa shape index (κ2) is 8.44. The summed E-state index contributed by atoms with van der Waals surface area (Å²) in [6, 6.07) is 3.38. The van der Waals surface area contributed by atoms with Gasteiger partial charge in [0, 0.05) is 10.8 Å². The van der Waals surface area contributed by atoms with E-state index in [-0.39, 0.29) is 27.3 Å². The van der Waals surface area contributed by atoms with E-state index in [1.165, 1.54) is 12.5 Å². The van der Waals surface area contributed by atoms with Crippen LogP contribution < -0.4 is 10.1 Å². The molecule has 3 rings (SSSR count). The number of Topliss-reactive ketones (excluding diaryl/α,β-unsaturated/α-hetero) is 1. The third kappa shape index (κ3) is 3.83. The lowest BCUT2D eigenvalue weighted by Crippen LogP contribution is -2.18. The van der Waals surface area contributed by atoms with Gasteiger partial charge in [-0.1, -0.05) is 23.2 Å². The predicted molar refractivity (Wildman–Crippen MR) is 109 cm³/mol. The maximum absolute atomic E-state index is 12.6. The van der Waals surface area contributed by atoms with E-state index >= 15 is 0 Å². The summed E-state index contributed by atoms with van der Waals surface area (Å²) in [7, 11) is 1.49. The summed E-state index contributed by atoms with van der Waals surface area (Å²) < 4.78 is 10.4. The van der Waals surface area contributed by atoms with Crippen molar-refractivity contribution in [3.05, 3.63) is 38.1 Å². The second-order valence-corrected chi connectivity index (χ2v) is 7.88. The fraction of sp³-hybridized carbons (Fsp3) is 0.176. The van der Waals surface area contributed by atoms with Gasteiger partial charge in [0.2, 0.25) is 0 Å². The summed E-state index contributed by atoms with van der Waals surface area (Å²) in [6.45, 7) is 1.67. The first-order chi connectivity index (χ1) is 13.4. The summed E-state index contributed by atoms with van der Waals surface area (Å²) in [4.78, 5) is 40.2. The van der Waals surface area contributed by atoms with Gasteiger partial charge in [-0.05, 0) is 19.1 Å². The Morgan fingerprint density at radius 1 is 1.21 bits per heavy atom. The molecule has 11 heteroatoms. The number of carbonyl (C=O) groups excluding carboxylic acids is 3. The van der Waals surface area contributed by atoms with Crippen LogP contribution in [0.3, 0.4) is 0 Å². The molecule has 0 saturated carbocycles. The van der Waals surface area contributed by atoms with Gasteiger partial charge in [0.25, 0.3) is 11.7 Å². The molecule has 28 heavy (non-hydrogen) atoms. The van der Waals surface area contributed by atoms with Gasteiger partial charge < -0.3 is 9.47 Å². The van der Waals surface area contributed by atoms with Gasteiger partial charge in [-0.2, -0.15) is 0 Å². The highest BCUT2D eigenvalue weighted by molar-refractivity contribution is 7.22. The molecule has 0 atom stereocenters. The minimum atomic E-state index is -0.998. The molecular weight excluding hydrogens is 447 g/mol. The van der Waals surface area contributed by atoms with E-state index in [9.17, 15) is 14.4 Å². The van der Waals surface area contributed by atoms with E-state index in [1.54, 1.807) is 19.1 Å². The molecule has 0 bridgehead atoms. The number of nitrogens with zero attached hydrogens (tertiary/aromatic N) is 1. The minimum absolute atomic E-state index is 0.0794. The monoisotopic (exact) mass is 458 g/mol. The van der Waals surface area contributed by atoms with Crippen molar-refractivity contribution in [2.24, 2.45) is 0 Å². The lowest BCUT2D eigenvalue weighted by Gasteiger charge is -2.02. The van der Waals surface area contributed by atoms with Gasteiger partial charge in [0.15, 0.2) is 5.13 Å². The number of methoxy groups -OCH3 is 1. The Morgan fingerprint density at radius 2 is 1.96 bits per heavy atom. The van der Waals surface area contributed by atoms with E-state index in [2.05, 4.69) is 15.0 Å². The zero-order valence-electron chi connectivity index (χ0n) is 14.5. The van der Waals surface area contributed by atoms with Crippen molar-refractivity contribution in [3.8, 4) is 5.75 Å². The van der Waals surface area contributed by atoms with Crippen LogP contribution in [0, 0.1) is 0 Å². The number of esters is 1. The number of benzene rings is 1. The van der Waals surface area contributed by atoms with Gasteiger partial charge in [-0.15, -0.1) is 22.7 Å². The molecule has 0 fully saturated rings. The summed E-state index contributed by atoms with van der Waals surface area (Å²) in [6.07, 6.45) is 0. The van der Waals surface area contributed by atoms with Crippen molar-refractivity contribution in [2.75, 3.05) is 19.0 Å². The van der Waals surface area contributed by atoms with E-state index in [0.29, 0.717) is 20.9 Å². The topological polar surface area (TPSA) is 94.6 Å². The number of amides is 1. The first-order valence-electron chi connectivity index (χ1n) is 7.80. The Hall–Kier alpha value is -2.20. The summed E-state index contributed by atoms with van der Waals surface area (Å²) in [5.74, 6) is -1.91. The standard InChI is InChI=1S/C17H12Cl2N2O5S2/c1-3-26-16(24)12(22)8-6-27-17(20-8)21-15(23)14-10(18)7-4-5-9(25-2)11(19)13(7)28-14/h4-6H,3H2,1-2H3,(H,20,21,23). The predicted octanol–water partition coefficient (Wildman–Crippen LogP) is 4.67. The molecule has 0 aliphatic carbocycles. The number of nitrogens with one attached hydrogen (secondary N) is 1. The van der Waals surface area contributed by atoms with E-state index in [4.69, 9.17) is 27.9 Å². The average Bonchev–Trinajstić information content (AvgIpc) is 3.27. The Bertz CT molecular complexity index is 1090. The number of rotatable bonds is 6. The van der Waals surface area contributed by atoms with Gasteiger partial charge in [0.05, 0.1) is 23.4 Å². The second-order valence-electron chi connectivity index (χ2n) is 5.25. The van der Waals surface area contributed by atoms with E-state index in [0.717, 1.165) is 22.7 Å². The third-order valence-corrected chi connectivity index (χ3v) is 6.52. The average molecular weight is 459 g/mol. The number of hydrogen-bond acceptors (Lipinski definition) is 8. The molecule has 7 nitrogen and oxygen atoms in total. The highest BCUT2D eigenvalue weighted by Crippen LogP contribution is 2.43. The van der Waals surface area contributed by atoms with Crippen LogP contribution in [-0.4, -0.2) is 36.4 Å². The van der Waals surface area contributed by atoms with Gasteiger partial charge >= 0.3 is 5.97 Å². The molecule has 1 N–H and O–H groups in total. The van der Waals surface area contributed by atoms with E-state index in [1.807, 2.05) is 0 Å². The Labute approximate surface area is 177 Å². The van der Waals surface area contributed by atoms with Crippen LogP contribution in [-0.2, 0) is 9.53 Å². The molecule has 0 aliphatic heterocycles. The fourth-order valence-corrected chi connectivity index (χ4v) is 4.75. The maximum Gasteiger partial charge on any atom is 0.381 e. The van der Waals surface area contributed by atoms with Crippen LogP contribution in [0.4, 0.5) is 5.13 Å². The van der Waals surface area contributed by atoms with Crippen LogP contribution in [0.15, 0.2) is 17.5 Å². The number of halogens is 2. The molecular formula is C17H12Cl2N2O5S2. The third-order valence-electron chi connectivity index (χ3n) is 3.55. The number of carbonyl (C=O) groups is 3. The number of fused-ring (bicyclic) bond motifs is 1. The summed E-state index contributed by atoms with van der Waals surface area (Å²) in [5.41, 5.74) is -0.103. The molecule has 0 spiro atoms. The van der Waals surface area contributed by atoms with Crippen molar-refractivity contribution >= 4 is 78.8 Å². The molecule has 1 amide bonds. The van der Waals surface area contributed by atoms with Gasteiger partial charge in [-0.25, -0.2) is 9.78 Å². The highest BCUT2D eigenvalue weighted by Gasteiger charge is 2.23. The molecule has 146 valence electrons. The molecule has 1 aromatic carbocycles. The van der Waals surface area contributed by atoms with Gasteiger partial charge in [0.1, 0.15) is 21.3 Å². The first kappa shape index (κ1) is 20.5. The molecule has 2 heterocycles. The van der Waals surface area contributed by atoms with Crippen molar-refractivity contribution in [2.45, 2.75) is 6.92 Å². The SMILES string of the molecule is CCOC(=O)C(=O)c1csc(NC(=O)c2sc3c(Cl)c(OC)ccc3c2Cl)n1. The zero-order valence-corrected chi connectivity index (χ0v) is 17.6. The number of ketones is 1. The number of ether oxygens (including phenoxy) is 2. The van der Waals surface area contributed by atoms with Crippen LogP contribution in [0.1, 0.15) is 27.1 Å². The zero-order chi connectivity index (χ0) is 20.4. The molecule has 3 aromatic rings. The highest BCUT2D eigenvalue weighted by atomic mass is 35.5. The number of thiazole rings is 1. The summed E-state index contributed by atoms with van der Waals surface area (Å²) >= 11 is 14.7. The van der Waals surface area contributed by atoms with Crippen LogP contribution in [0.2, 0.25) is 10.0 Å². The van der Waals surface area contributed by atoms with Crippen molar-refractivity contribution in [1.82, 2.24) is 4.98 Å². The normalized spacial score (nSPS) is 10.7. The minimum Gasteiger partial charge on any atom is -0.495 e. The Kier molecular flexibility index (Phi) is 6.19. The van der Waals surface area contributed by atoms with Crippen molar-refractivity contribution in [1.29, 1.82) is 0 Å². The number of anilines is 1. The molecule has 0 saturated heterocycles. The lowest BCUT2D eigenvalue weighted by molar-refractivity contribution is -0.137. The van der Waals surface area contributed by atoms with Crippen molar-refractivity contribution in [3.63, 3.8) is 0 Å². The van der Waals surface area contributed by atoms with Gasteiger partial charge in [-0.3, -0.25) is 14.9 Å². The quantitative estimate of drug-likeness (QED) is 0.327. The molecule has 0 aliphatic rings.